The lowest BCUT2D eigenvalue weighted by atomic mass is 10.0. The fourth-order valence-electron chi connectivity index (χ4n) is 1.14. The summed E-state index contributed by atoms with van der Waals surface area (Å²) >= 11 is 0. The topological polar surface area (TPSA) is 46.5 Å². The van der Waals surface area contributed by atoms with Crippen molar-refractivity contribution in [3.8, 4) is 0 Å². The Bertz CT molecular complexity index is 343. The first kappa shape index (κ1) is 11.5. The molecule has 0 aliphatic carbocycles. The monoisotopic (exact) mass is 206 g/mol. The van der Waals surface area contributed by atoms with Gasteiger partial charge in [-0.1, -0.05) is 36.9 Å². The third-order valence-electron chi connectivity index (χ3n) is 1.96. The number of aliphatic hydroxyl groups excluding tert-OH is 1. The summed E-state index contributed by atoms with van der Waals surface area (Å²) in [6, 6.07) is 9.12. The van der Waals surface area contributed by atoms with E-state index in [1.807, 2.05) is 18.2 Å². The Morgan fingerprint density at radius 3 is 2.60 bits per heavy atom. The van der Waals surface area contributed by atoms with Crippen molar-refractivity contribution in [1.82, 2.24) is 0 Å². The number of benzene rings is 1. The summed E-state index contributed by atoms with van der Waals surface area (Å²) in [5.74, 6) is -0.378. The van der Waals surface area contributed by atoms with Crippen LogP contribution in [0, 0.1) is 0 Å². The number of hydrogen-bond acceptors (Lipinski definition) is 3. The Kier molecular flexibility index (Phi) is 4.06. The molecular weight excluding hydrogens is 192 g/mol. The highest BCUT2D eigenvalue weighted by atomic mass is 16.5. The molecule has 0 amide bonds. The maximum Gasteiger partial charge on any atom is 0.302 e. The van der Waals surface area contributed by atoms with Crippen LogP contribution in [-0.4, -0.2) is 17.7 Å². The molecule has 0 saturated heterocycles. The number of hydrogen-bond donors (Lipinski definition) is 1. The summed E-state index contributed by atoms with van der Waals surface area (Å²) in [5, 5.41) is 9.81. The zero-order valence-corrected chi connectivity index (χ0v) is 8.64. The maximum atomic E-state index is 10.6. The first-order valence-corrected chi connectivity index (χ1v) is 4.65. The minimum absolute atomic E-state index is 0.0470. The lowest BCUT2D eigenvalue weighted by Gasteiger charge is -2.13. The van der Waals surface area contributed by atoms with Gasteiger partial charge in [0.1, 0.15) is 12.7 Å². The van der Waals surface area contributed by atoms with Crippen molar-refractivity contribution in [3.63, 3.8) is 0 Å². The molecule has 0 aliphatic rings. The lowest BCUT2D eigenvalue weighted by molar-refractivity contribution is -0.140. The van der Waals surface area contributed by atoms with Crippen LogP contribution in [0.15, 0.2) is 42.5 Å². The van der Waals surface area contributed by atoms with Gasteiger partial charge in [-0.2, -0.15) is 0 Å². The predicted molar refractivity (Wildman–Crippen MR) is 57.2 cm³/mol. The van der Waals surface area contributed by atoms with Gasteiger partial charge >= 0.3 is 5.97 Å². The summed E-state index contributed by atoms with van der Waals surface area (Å²) < 4.78 is 4.75. The molecule has 1 atom stereocenters. The summed E-state index contributed by atoms with van der Waals surface area (Å²) in [7, 11) is 0. The third-order valence-corrected chi connectivity index (χ3v) is 1.96. The maximum absolute atomic E-state index is 10.6. The second kappa shape index (κ2) is 5.32. The molecule has 1 rings (SSSR count). The molecular formula is C12H14O3. The van der Waals surface area contributed by atoms with Crippen molar-refractivity contribution in [3.05, 3.63) is 48.0 Å². The molecule has 3 heteroatoms. The summed E-state index contributed by atoms with van der Waals surface area (Å²) in [4.78, 5) is 10.6. The predicted octanol–water partition coefficient (Wildman–Crippen LogP) is 1.84. The highest BCUT2D eigenvalue weighted by Gasteiger charge is 2.11. The molecule has 0 radical (unpaired) electrons. The van der Waals surface area contributed by atoms with E-state index in [-0.39, 0.29) is 12.6 Å². The largest absolute Gasteiger partial charge is 0.461 e. The average molecular weight is 206 g/mol. The fraction of sp³-hybridized carbons (Fsp3) is 0.250. The second-order valence-electron chi connectivity index (χ2n) is 3.25. The molecule has 0 spiro atoms. The Labute approximate surface area is 89.0 Å². The first-order chi connectivity index (χ1) is 7.11. The normalized spacial score (nSPS) is 11.9. The second-order valence-corrected chi connectivity index (χ2v) is 3.25. The van der Waals surface area contributed by atoms with Gasteiger partial charge in [0.05, 0.1) is 0 Å². The SMILES string of the molecule is C=C(COC(C)=O)C(O)c1ccccc1. The Hall–Kier alpha value is -1.61. The van der Waals surface area contributed by atoms with E-state index in [9.17, 15) is 9.90 Å². The lowest BCUT2D eigenvalue weighted by Crippen LogP contribution is -2.09. The van der Waals surface area contributed by atoms with Gasteiger partial charge in [-0.05, 0) is 11.1 Å². The highest BCUT2D eigenvalue weighted by Crippen LogP contribution is 2.19. The number of aliphatic hydroxyl groups is 1. The van der Waals surface area contributed by atoms with Gasteiger partial charge < -0.3 is 9.84 Å². The van der Waals surface area contributed by atoms with Crippen molar-refractivity contribution in [2.45, 2.75) is 13.0 Å². The third kappa shape index (κ3) is 3.56. The average Bonchev–Trinajstić information content (AvgIpc) is 2.26. The quantitative estimate of drug-likeness (QED) is 0.604. The van der Waals surface area contributed by atoms with E-state index >= 15 is 0 Å². The number of esters is 1. The van der Waals surface area contributed by atoms with E-state index in [1.165, 1.54) is 6.92 Å². The van der Waals surface area contributed by atoms with Crippen LogP contribution in [0.3, 0.4) is 0 Å². The van der Waals surface area contributed by atoms with Crippen LogP contribution in [0.4, 0.5) is 0 Å². The van der Waals surface area contributed by atoms with E-state index in [1.54, 1.807) is 12.1 Å². The molecule has 0 aromatic heterocycles. The van der Waals surface area contributed by atoms with Crippen molar-refractivity contribution in [2.24, 2.45) is 0 Å². The van der Waals surface area contributed by atoms with Gasteiger partial charge in [-0.3, -0.25) is 4.79 Å². The van der Waals surface area contributed by atoms with Crippen LogP contribution in [0.1, 0.15) is 18.6 Å². The number of ether oxygens (including phenoxy) is 1. The Morgan fingerprint density at radius 1 is 1.47 bits per heavy atom. The van der Waals surface area contributed by atoms with Gasteiger partial charge in [-0.25, -0.2) is 0 Å². The van der Waals surface area contributed by atoms with E-state index < -0.39 is 6.10 Å². The van der Waals surface area contributed by atoms with Gasteiger partial charge in [0.15, 0.2) is 0 Å². The van der Waals surface area contributed by atoms with E-state index in [4.69, 9.17) is 4.74 Å². The van der Waals surface area contributed by atoms with Crippen LogP contribution in [0.5, 0.6) is 0 Å². The summed E-state index contributed by atoms with van der Waals surface area (Å²) in [6.45, 7) is 5.04. The molecule has 1 N–H and O–H groups in total. The Morgan fingerprint density at radius 2 is 2.07 bits per heavy atom. The summed E-state index contributed by atoms with van der Waals surface area (Å²) in [6.07, 6.45) is -0.787. The van der Waals surface area contributed by atoms with Crippen LogP contribution in [-0.2, 0) is 9.53 Å². The molecule has 3 nitrogen and oxygen atoms in total. The van der Waals surface area contributed by atoms with E-state index in [2.05, 4.69) is 6.58 Å². The van der Waals surface area contributed by atoms with E-state index in [0.717, 1.165) is 5.56 Å². The van der Waals surface area contributed by atoms with Crippen molar-refractivity contribution < 1.29 is 14.6 Å². The molecule has 0 heterocycles. The summed E-state index contributed by atoms with van der Waals surface area (Å²) in [5.41, 5.74) is 1.21. The zero-order chi connectivity index (χ0) is 11.3. The van der Waals surface area contributed by atoms with Crippen LogP contribution in [0.2, 0.25) is 0 Å². The number of carbonyl (C=O) groups is 1. The van der Waals surface area contributed by atoms with Crippen molar-refractivity contribution in [2.75, 3.05) is 6.61 Å². The van der Waals surface area contributed by atoms with Gasteiger partial charge in [-0.15, -0.1) is 0 Å². The van der Waals surface area contributed by atoms with Crippen LogP contribution >= 0.6 is 0 Å². The van der Waals surface area contributed by atoms with Gasteiger partial charge in [0, 0.05) is 6.92 Å². The first-order valence-electron chi connectivity index (χ1n) is 4.65. The van der Waals surface area contributed by atoms with Crippen LogP contribution in [0.25, 0.3) is 0 Å². The minimum atomic E-state index is -0.787. The molecule has 1 unspecified atom stereocenters. The minimum Gasteiger partial charge on any atom is -0.461 e. The van der Waals surface area contributed by atoms with Gasteiger partial charge in [0.2, 0.25) is 0 Å². The van der Waals surface area contributed by atoms with Crippen molar-refractivity contribution >= 4 is 5.97 Å². The fourth-order valence-corrected chi connectivity index (χ4v) is 1.14. The Balaban J connectivity index is 2.57. The molecule has 0 aliphatic heterocycles. The molecule has 80 valence electrons. The zero-order valence-electron chi connectivity index (χ0n) is 8.64. The number of rotatable bonds is 4. The molecule has 15 heavy (non-hydrogen) atoms. The molecule has 0 fully saturated rings. The van der Waals surface area contributed by atoms with E-state index in [0.29, 0.717) is 5.57 Å². The molecule has 0 saturated carbocycles. The van der Waals surface area contributed by atoms with Crippen molar-refractivity contribution in [1.29, 1.82) is 0 Å². The standard InChI is InChI=1S/C12H14O3/c1-9(8-15-10(2)13)12(14)11-6-4-3-5-7-11/h3-7,12,14H,1,8H2,2H3. The smallest absolute Gasteiger partial charge is 0.302 e. The van der Waals surface area contributed by atoms with Gasteiger partial charge in [0.25, 0.3) is 0 Å². The highest BCUT2D eigenvalue weighted by molar-refractivity contribution is 5.66. The molecule has 1 aromatic carbocycles. The molecule has 1 aromatic rings. The van der Waals surface area contributed by atoms with Crippen LogP contribution < -0.4 is 0 Å². The molecule has 0 bridgehead atoms. The number of carbonyl (C=O) groups excluding carboxylic acids is 1.